The highest BCUT2D eigenvalue weighted by atomic mass is 127. The van der Waals surface area contributed by atoms with E-state index in [2.05, 4.69) is 15.6 Å². The fourth-order valence-electron chi connectivity index (χ4n) is 2.23. The molecule has 8 heteroatoms. The maximum atomic E-state index is 13.7. The molecule has 1 rings (SSSR count). The van der Waals surface area contributed by atoms with Crippen molar-refractivity contribution in [3.8, 4) is 0 Å². The smallest absolute Gasteiger partial charge is 0.240 e. The van der Waals surface area contributed by atoms with Crippen LogP contribution in [0.3, 0.4) is 0 Å². The van der Waals surface area contributed by atoms with E-state index in [1.54, 1.807) is 24.1 Å². The minimum Gasteiger partial charge on any atom is -0.386 e. The Hall–Kier alpha value is -1.42. The first-order chi connectivity index (χ1) is 11.6. The van der Waals surface area contributed by atoms with Crippen molar-refractivity contribution >= 4 is 35.8 Å². The van der Waals surface area contributed by atoms with Crippen LogP contribution >= 0.6 is 24.0 Å². The van der Waals surface area contributed by atoms with E-state index in [0.717, 1.165) is 0 Å². The summed E-state index contributed by atoms with van der Waals surface area (Å²) in [5, 5.41) is 16.1. The van der Waals surface area contributed by atoms with E-state index in [-0.39, 0.29) is 54.1 Å². The maximum Gasteiger partial charge on any atom is 0.240 e. The lowest BCUT2D eigenvalue weighted by molar-refractivity contribution is -0.122. The summed E-state index contributed by atoms with van der Waals surface area (Å²) < 4.78 is 13.7. The van der Waals surface area contributed by atoms with E-state index < -0.39 is 11.9 Å². The fourth-order valence-corrected chi connectivity index (χ4v) is 2.23. The van der Waals surface area contributed by atoms with Gasteiger partial charge in [0.1, 0.15) is 11.9 Å². The van der Waals surface area contributed by atoms with Crippen molar-refractivity contribution in [1.29, 1.82) is 0 Å². The molecule has 1 amide bonds. The Morgan fingerprint density at radius 3 is 2.50 bits per heavy atom. The molecule has 6 nitrogen and oxygen atoms in total. The van der Waals surface area contributed by atoms with Crippen molar-refractivity contribution in [1.82, 2.24) is 15.5 Å². The van der Waals surface area contributed by atoms with E-state index in [9.17, 15) is 14.3 Å². The number of benzene rings is 1. The predicted octanol–water partition coefficient (Wildman–Crippen LogP) is 2.29. The van der Waals surface area contributed by atoms with Gasteiger partial charge in [-0.2, -0.15) is 0 Å². The molecule has 1 aromatic carbocycles. The van der Waals surface area contributed by atoms with Crippen LogP contribution in [0.25, 0.3) is 0 Å². The van der Waals surface area contributed by atoms with E-state index >= 15 is 0 Å². The van der Waals surface area contributed by atoms with Gasteiger partial charge in [-0.1, -0.05) is 18.2 Å². The lowest BCUT2D eigenvalue weighted by atomic mass is 10.1. The zero-order chi connectivity index (χ0) is 19.0. The van der Waals surface area contributed by atoms with E-state index in [4.69, 9.17) is 0 Å². The molecule has 3 N–H and O–H groups in total. The number of amides is 1. The number of hydrogen-bond donors (Lipinski definition) is 3. The Kier molecular flexibility index (Phi) is 10.7. The van der Waals surface area contributed by atoms with Crippen LogP contribution in [0.1, 0.15) is 39.4 Å². The predicted molar refractivity (Wildman–Crippen MR) is 113 cm³/mol. The molecule has 1 atom stereocenters. The van der Waals surface area contributed by atoms with Gasteiger partial charge in [0, 0.05) is 24.7 Å². The summed E-state index contributed by atoms with van der Waals surface area (Å²) in [6.45, 7) is 8.37. The van der Waals surface area contributed by atoms with E-state index in [1.165, 1.54) is 12.1 Å². The van der Waals surface area contributed by atoms with E-state index in [0.29, 0.717) is 12.5 Å². The molecule has 26 heavy (non-hydrogen) atoms. The van der Waals surface area contributed by atoms with Crippen LogP contribution in [0.2, 0.25) is 0 Å². The summed E-state index contributed by atoms with van der Waals surface area (Å²) in [4.78, 5) is 18.0. The summed E-state index contributed by atoms with van der Waals surface area (Å²) in [5.74, 6) is -0.120. The van der Waals surface area contributed by atoms with Crippen LogP contribution in [0.5, 0.6) is 0 Å². The zero-order valence-electron chi connectivity index (χ0n) is 16.0. The maximum absolute atomic E-state index is 13.7. The fraction of sp³-hybridized carbons (Fsp3) is 0.556. The number of rotatable bonds is 6. The van der Waals surface area contributed by atoms with Crippen LogP contribution in [-0.4, -0.2) is 54.1 Å². The molecule has 0 aliphatic carbocycles. The SMILES string of the molecule is CCNC(=NCC(O)c1ccccc1F)N(C)CC(=O)NC(C)(C)C.I. The minimum absolute atomic E-state index is 0. The number of halogens is 2. The first-order valence-electron chi connectivity index (χ1n) is 8.37. The molecule has 1 aromatic rings. The summed E-state index contributed by atoms with van der Waals surface area (Å²) in [6.07, 6.45) is -1.05. The van der Waals surface area contributed by atoms with Crippen molar-refractivity contribution < 1.29 is 14.3 Å². The molecule has 0 spiro atoms. The normalized spacial score (nSPS) is 12.8. The molecular formula is C18H30FIN4O2. The molecule has 0 heterocycles. The topological polar surface area (TPSA) is 77.0 Å². The van der Waals surface area contributed by atoms with Crippen molar-refractivity contribution in [2.24, 2.45) is 4.99 Å². The number of carbonyl (C=O) groups excluding carboxylic acids is 1. The Bertz CT molecular complexity index is 605. The number of nitrogens with one attached hydrogen (secondary N) is 2. The van der Waals surface area contributed by atoms with Gasteiger partial charge in [-0.05, 0) is 33.8 Å². The van der Waals surface area contributed by atoms with Crippen molar-refractivity contribution in [2.75, 3.05) is 26.7 Å². The lowest BCUT2D eigenvalue weighted by Gasteiger charge is -2.25. The number of aliphatic imine (C=N–C) groups is 1. The zero-order valence-corrected chi connectivity index (χ0v) is 18.4. The number of aliphatic hydroxyl groups is 1. The molecule has 0 radical (unpaired) electrons. The van der Waals surface area contributed by atoms with Crippen LogP contribution in [0, 0.1) is 5.82 Å². The minimum atomic E-state index is -1.05. The number of carbonyl (C=O) groups is 1. The molecular weight excluding hydrogens is 450 g/mol. The third kappa shape index (κ3) is 8.79. The Morgan fingerprint density at radius 1 is 1.35 bits per heavy atom. The molecule has 0 bridgehead atoms. The Balaban J connectivity index is 0.00000625. The number of hydrogen-bond acceptors (Lipinski definition) is 3. The van der Waals surface area contributed by atoms with Crippen LogP contribution in [0.4, 0.5) is 4.39 Å². The second-order valence-corrected chi connectivity index (χ2v) is 6.89. The van der Waals surface area contributed by atoms with Gasteiger partial charge in [0.05, 0.1) is 13.1 Å². The van der Waals surface area contributed by atoms with E-state index in [1.807, 2.05) is 27.7 Å². The first kappa shape index (κ1) is 24.6. The van der Waals surface area contributed by atoms with Crippen LogP contribution in [-0.2, 0) is 4.79 Å². The second kappa shape index (κ2) is 11.3. The summed E-state index contributed by atoms with van der Waals surface area (Å²) in [7, 11) is 1.74. The summed E-state index contributed by atoms with van der Waals surface area (Å²) in [5.41, 5.74) is -0.107. The highest BCUT2D eigenvalue weighted by molar-refractivity contribution is 14.0. The molecule has 0 aromatic heterocycles. The standard InChI is InChI=1S/C18H29FN4O2.HI/c1-6-20-17(23(5)12-16(25)22-18(2,3)4)21-11-15(24)13-9-7-8-10-14(13)19;/h7-10,15,24H,6,11-12H2,1-5H3,(H,20,21)(H,22,25);1H. The molecule has 148 valence electrons. The van der Waals surface area contributed by atoms with Gasteiger partial charge in [0.15, 0.2) is 5.96 Å². The molecule has 0 aliphatic heterocycles. The van der Waals surface area contributed by atoms with Gasteiger partial charge in [0.2, 0.25) is 5.91 Å². The van der Waals surface area contributed by atoms with Crippen molar-refractivity contribution in [2.45, 2.75) is 39.3 Å². The van der Waals surface area contributed by atoms with Crippen molar-refractivity contribution in [3.05, 3.63) is 35.6 Å². The van der Waals surface area contributed by atoms with Gasteiger partial charge in [-0.25, -0.2) is 4.39 Å². The summed E-state index contributed by atoms with van der Waals surface area (Å²) in [6, 6.07) is 6.07. The first-order valence-corrected chi connectivity index (χ1v) is 8.37. The largest absolute Gasteiger partial charge is 0.386 e. The number of guanidine groups is 1. The number of aliphatic hydroxyl groups excluding tert-OH is 1. The van der Waals surface area contributed by atoms with Gasteiger partial charge < -0.3 is 20.6 Å². The molecule has 1 unspecified atom stereocenters. The average Bonchev–Trinajstić information content (AvgIpc) is 2.49. The number of likely N-dealkylation sites (N-methyl/N-ethyl adjacent to an activating group) is 1. The third-order valence-corrected chi connectivity index (χ3v) is 3.27. The molecule has 0 fully saturated rings. The van der Waals surface area contributed by atoms with Crippen LogP contribution in [0.15, 0.2) is 29.3 Å². The lowest BCUT2D eigenvalue weighted by Crippen LogP contribution is -2.48. The Morgan fingerprint density at radius 2 is 1.96 bits per heavy atom. The highest BCUT2D eigenvalue weighted by Gasteiger charge is 2.17. The highest BCUT2D eigenvalue weighted by Crippen LogP contribution is 2.16. The quantitative estimate of drug-likeness (QED) is 0.332. The Labute approximate surface area is 172 Å². The monoisotopic (exact) mass is 480 g/mol. The average molecular weight is 480 g/mol. The van der Waals surface area contributed by atoms with Crippen LogP contribution < -0.4 is 10.6 Å². The molecule has 0 saturated heterocycles. The van der Waals surface area contributed by atoms with Crippen molar-refractivity contribution in [3.63, 3.8) is 0 Å². The van der Waals surface area contributed by atoms with Gasteiger partial charge in [-0.3, -0.25) is 9.79 Å². The summed E-state index contributed by atoms with van der Waals surface area (Å²) >= 11 is 0. The molecule has 0 aliphatic rings. The second-order valence-electron chi connectivity index (χ2n) is 6.89. The van der Waals surface area contributed by atoms with Gasteiger partial charge in [0.25, 0.3) is 0 Å². The number of nitrogens with zero attached hydrogens (tertiary/aromatic N) is 2. The third-order valence-electron chi connectivity index (χ3n) is 3.27. The van der Waals surface area contributed by atoms with Gasteiger partial charge >= 0.3 is 0 Å². The molecule has 0 saturated carbocycles. The van der Waals surface area contributed by atoms with Gasteiger partial charge in [-0.15, -0.1) is 24.0 Å².